The van der Waals surface area contributed by atoms with Crippen LogP contribution in [0.25, 0.3) is 0 Å². The highest BCUT2D eigenvalue weighted by atomic mass is 32.2. The van der Waals surface area contributed by atoms with Crippen molar-refractivity contribution >= 4 is 21.6 Å². The molecule has 1 aliphatic heterocycles. The zero-order valence-corrected chi connectivity index (χ0v) is 17.3. The number of anilines is 1. The summed E-state index contributed by atoms with van der Waals surface area (Å²) >= 11 is 0. The molecule has 0 saturated carbocycles. The number of sulfonamides is 1. The van der Waals surface area contributed by atoms with Crippen molar-refractivity contribution in [3.63, 3.8) is 0 Å². The van der Waals surface area contributed by atoms with Gasteiger partial charge in [0.05, 0.1) is 7.11 Å². The lowest BCUT2D eigenvalue weighted by Gasteiger charge is -2.26. The first kappa shape index (κ1) is 20.4. The van der Waals surface area contributed by atoms with E-state index in [9.17, 15) is 13.2 Å². The number of hydrogen-bond donors (Lipinski definition) is 1. The van der Waals surface area contributed by atoms with Gasteiger partial charge in [-0.1, -0.05) is 12.5 Å². The number of nitrogens with zero attached hydrogens (tertiary/aromatic N) is 1. The zero-order chi connectivity index (χ0) is 20.3. The summed E-state index contributed by atoms with van der Waals surface area (Å²) in [4.78, 5) is 12.7. The molecule has 0 aliphatic carbocycles. The molecule has 7 heteroatoms. The van der Waals surface area contributed by atoms with Crippen LogP contribution in [0.15, 0.2) is 41.3 Å². The second-order valence-electron chi connectivity index (χ2n) is 7.08. The van der Waals surface area contributed by atoms with Gasteiger partial charge in [0.25, 0.3) is 5.91 Å². The van der Waals surface area contributed by atoms with E-state index < -0.39 is 10.0 Å². The molecule has 28 heavy (non-hydrogen) atoms. The van der Waals surface area contributed by atoms with E-state index in [0.717, 1.165) is 30.4 Å². The fourth-order valence-electron chi connectivity index (χ4n) is 3.29. The number of benzene rings is 2. The average molecular weight is 403 g/mol. The van der Waals surface area contributed by atoms with Gasteiger partial charge < -0.3 is 10.1 Å². The SMILES string of the molecule is COc1ccc(C(=O)Nc2ccc(C)c(C)c2)cc1S(=O)(=O)N1CCCCC1. The second-order valence-corrected chi connectivity index (χ2v) is 8.99. The van der Waals surface area contributed by atoms with Crippen LogP contribution in [-0.4, -0.2) is 38.8 Å². The molecule has 0 spiro atoms. The molecule has 0 unspecified atom stereocenters. The van der Waals surface area contributed by atoms with Gasteiger partial charge in [-0.2, -0.15) is 4.31 Å². The van der Waals surface area contributed by atoms with Gasteiger partial charge in [-0.15, -0.1) is 0 Å². The number of amides is 1. The molecular weight excluding hydrogens is 376 g/mol. The number of carbonyl (C=O) groups excluding carboxylic acids is 1. The normalized spacial score (nSPS) is 15.2. The largest absolute Gasteiger partial charge is 0.495 e. The molecule has 1 fully saturated rings. The molecule has 3 rings (SSSR count). The number of rotatable bonds is 5. The Morgan fingerprint density at radius 1 is 1.00 bits per heavy atom. The predicted molar refractivity (Wildman–Crippen MR) is 109 cm³/mol. The Labute approximate surface area is 166 Å². The van der Waals surface area contributed by atoms with Crippen molar-refractivity contribution in [3.05, 3.63) is 53.1 Å². The van der Waals surface area contributed by atoms with Crippen LogP contribution >= 0.6 is 0 Å². The molecule has 0 radical (unpaired) electrons. The topological polar surface area (TPSA) is 75.7 Å². The van der Waals surface area contributed by atoms with E-state index in [0.29, 0.717) is 18.8 Å². The molecule has 2 aromatic carbocycles. The molecule has 150 valence electrons. The van der Waals surface area contributed by atoms with Crippen LogP contribution in [0.1, 0.15) is 40.7 Å². The molecule has 1 N–H and O–H groups in total. The summed E-state index contributed by atoms with van der Waals surface area (Å²) in [5.41, 5.74) is 3.15. The smallest absolute Gasteiger partial charge is 0.255 e. The lowest BCUT2D eigenvalue weighted by Crippen LogP contribution is -2.35. The van der Waals surface area contributed by atoms with Crippen molar-refractivity contribution in [3.8, 4) is 5.75 Å². The Balaban J connectivity index is 1.91. The number of hydrogen-bond acceptors (Lipinski definition) is 4. The van der Waals surface area contributed by atoms with Crippen LogP contribution in [0.2, 0.25) is 0 Å². The van der Waals surface area contributed by atoms with Crippen molar-refractivity contribution in [2.45, 2.75) is 38.0 Å². The first-order valence-corrected chi connectivity index (χ1v) is 10.8. The fraction of sp³-hybridized carbons (Fsp3) is 0.381. The standard InChI is InChI=1S/C21H26N2O4S/c1-15-7-9-18(13-16(15)2)22-21(24)17-8-10-19(27-3)20(14-17)28(25,26)23-11-5-4-6-12-23/h7-10,13-14H,4-6,11-12H2,1-3H3,(H,22,24). The number of ether oxygens (including phenoxy) is 1. The van der Waals surface area contributed by atoms with Gasteiger partial charge in [0.2, 0.25) is 10.0 Å². The fourth-order valence-corrected chi connectivity index (χ4v) is 4.98. The number of piperidine rings is 1. The Hall–Kier alpha value is -2.38. The van der Waals surface area contributed by atoms with Gasteiger partial charge in [-0.25, -0.2) is 8.42 Å². The molecule has 2 aromatic rings. The van der Waals surface area contributed by atoms with Crippen molar-refractivity contribution < 1.29 is 17.9 Å². The average Bonchev–Trinajstić information content (AvgIpc) is 2.71. The van der Waals surface area contributed by atoms with Crippen LogP contribution < -0.4 is 10.1 Å². The first-order valence-electron chi connectivity index (χ1n) is 9.40. The van der Waals surface area contributed by atoms with E-state index in [4.69, 9.17) is 4.74 Å². The molecule has 0 aromatic heterocycles. The molecule has 6 nitrogen and oxygen atoms in total. The third-order valence-corrected chi connectivity index (χ3v) is 7.04. The minimum atomic E-state index is -3.72. The van der Waals surface area contributed by atoms with Crippen molar-refractivity contribution in [2.75, 3.05) is 25.5 Å². The van der Waals surface area contributed by atoms with Crippen LogP contribution in [0, 0.1) is 13.8 Å². The van der Waals surface area contributed by atoms with E-state index in [2.05, 4.69) is 5.32 Å². The third-order valence-electron chi connectivity index (χ3n) is 5.12. The van der Waals surface area contributed by atoms with Gasteiger partial charge in [0.1, 0.15) is 10.6 Å². The van der Waals surface area contributed by atoms with Crippen LogP contribution in [-0.2, 0) is 10.0 Å². The number of nitrogens with one attached hydrogen (secondary N) is 1. The van der Waals surface area contributed by atoms with Crippen LogP contribution in [0.5, 0.6) is 5.75 Å². The van der Waals surface area contributed by atoms with Crippen molar-refractivity contribution in [1.29, 1.82) is 0 Å². The zero-order valence-electron chi connectivity index (χ0n) is 16.5. The van der Waals surface area contributed by atoms with Crippen molar-refractivity contribution in [2.24, 2.45) is 0 Å². The molecule has 1 heterocycles. The summed E-state index contributed by atoms with van der Waals surface area (Å²) in [7, 11) is -2.29. The van der Waals surface area contributed by atoms with Gasteiger partial charge in [0.15, 0.2) is 0 Å². The van der Waals surface area contributed by atoms with E-state index >= 15 is 0 Å². The quantitative estimate of drug-likeness (QED) is 0.827. The Morgan fingerprint density at radius 2 is 1.71 bits per heavy atom. The maximum absolute atomic E-state index is 13.1. The Kier molecular flexibility index (Phi) is 6.05. The molecule has 1 aliphatic rings. The number of methoxy groups -OCH3 is 1. The summed E-state index contributed by atoms with van der Waals surface area (Å²) in [6.45, 7) is 4.96. The highest BCUT2D eigenvalue weighted by Crippen LogP contribution is 2.30. The van der Waals surface area contributed by atoms with Crippen LogP contribution in [0.3, 0.4) is 0 Å². The molecule has 0 bridgehead atoms. The molecular formula is C21H26N2O4S. The molecule has 0 atom stereocenters. The summed E-state index contributed by atoms with van der Waals surface area (Å²) in [6, 6.07) is 10.2. The van der Waals surface area contributed by atoms with Gasteiger partial charge in [0, 0.05) is 24.3 Å². The first-order chi connectivity index (χ1) is 13.3. The maximum Gasteiger partial charge on any atom is 0.255 e. The monoisotopic (exact) mass is 402 g/mol. The van der Waals surface area contributed by atoms with Crippen molar-refractivity contribution in [1.82, 2.24) is 4.31 Å². The second kappa shape index (κ2) is 8.32. The van der Waals surface area contributed by atoms with E-state index in [1.807, 2.05) is 32.0 Å². The summed E-state index contributed by atoms with van der Waals surface area (Å²) in [5.74, 6) is -0.116. The Morgan fingerprint density at radius 3 is 2.36 bits per heavy atom. The van der Waals surface area contributed by atoms with Gasteiger partial charge in [-0.3, -0.25) is 4.79 Å². The lowest BCUT2D eigenvalue weighted by atomic mass is 10.1. The minimum Gasteiger partial charge on any atom is -0.495 e. The molecule has 1 amide bonds. The third kappa shape index (κ3) is 4.20. The maximum atomic E-state index is 13.1. The molecule has 1 saturated heterocycles. The highest BCUT2D eigenvalue weighted by molar-refractivity contribution is 7.89. The lowest BCUT2D eigenvalue weighted by molar-refractivity contribution is 0.102. The van der Waals surface area contributed by atoms with E-state index in [1.165, 1.54) is 23.5 Å². The Bertz CT molecular complexity index is 980. The van der Waals surface area contributed by atoms with Gasteiger partial charge in [-0.05, 0) is 68.1 Å². The van der Waals surface area contributed by atoms with Crippen LogP contribution in [0.4, 0.5) is 5.69 Å². The number of aryl methyl sites for hydroxylation is 2. The summed E-state index contributed by atoms with van der Waals surface area (Å²) in [6.07, 6.45) is 2.71. The number of carbonyl (C=O) groups is 1. The summed E-state index contributed by atoms with van der Waals surface area (Å²) in [5, 5.41) is 2.83. The summed E-state index contributed by atoms with van der Waals surface area (Å²) < 4.78 is 32.9. The minimum absolute atomic E-state index is 0.0321. The predicted octanol–water partition coefficient (Wildman–Crippen LogP) is 3.74. The highest BCUT2D eigenvalue weighted by Gasteiger charge is 2.29. The van der Waals surface area contributed by atoms with E-state index in [1.54, 1.807) is 6.07 Å². The van der Waals surface area contributed by atoms with E-state index in [-0.39, 0.29) is 22.1 Å². The van der Waals surface area contributed by atoms with Gasteiger partial charge >= 0.3 is 0 Å².